The van der Waals surface area contributed by atoms with Crippen molar-refractivity contribution in [2.45, 2.75) is 10.6 Å². The predicted octanol–water partition coefficient (Wildman–Crippen LogP) is 1.47. The Labute approximate surface area is 106 Å². The molecule has 0 atom stereocenters. The number of sulfonamides is 1. The van der Waals surface area contributed by atoms with E-state index in [9.17, 15) is 8.42 Å². The summed E-state index contributed by atoms with van der Waals surface area (Å²) in [7, 11) is -3.44. The largest absolute Gasteiger partial charge is 0.393 e. The first-order valence-electron chi connectivity index (χ1n) is 3.94. The second kappa shape index (κ2) is 5.35. The lowest BCUT2D eigenvalue weighted by atomic mass is 10.4. The number of nitrogens with two attached hydrogens (primary N) is 1. The summed E-state index contributed by atoms with van der Waals surface area (Å²) in [5, 5.41) is 1.70. The Morgan fingerprint density at radius 1 is 1.67 bits per heavy atom. The molecule has 84 valence electrons. The molecule has 0 bridgehead atoms. The van der Waals surface area contributed by atoms with Crippen LogP contribution in [0.1, 0.15) is 6.42 Å². The number of hydrogen-bond donors (Lipinski definition) is 2. The topological polar surface area (TPSA) is 72.2 Å². The van der Waals surface area contributed by atoms with Gasteiger partial charge in [0, 0.05) is 17.4 Å². The van der Waals surface area contributed by atoms with Gasteiger partial charge in [0.2, 0.25) is 0 Å². The monoisotopic (exact) mass is 328 g/mol. The fraction of sp³-hybridized carbons (Fsp3) is 0.286. The SMILES string of the molecule is NC(=S)CCNS(=O)(=O)c1sccc1Br. The van der Waals surface area contributed by atoms with Gasteiger partial charge in [-0.25, -0.2) is 13.1 Å². The third-order valence-corrected chi connectivity index (χ3v) is 5.83. The molecule has 1 heterocycles. The Kier molecular flexibility index (Phi) is 4.65. The molecular formula is C7H9BrN2O2S3. The van der Waals surface area contributed by atoms with E-state index >= 15 is 0 Å². The molecule has 1 aromatic rings. The van der Waals surface area contributed by atoms with Crippen molar-refractivity contribution < 1.29 is 8.42 Å². The molecule has 0 amide bonds. The lowest BCUT2D eigenvalue weighted by molar-refractivity contribution is 0.584. The Hall–Kier alpha value is -0.0200. The van der Waals surface area contributed by atoms with E-state index in [0.717, 1.165) is 11.3 Å². The van der Waals surface area contributed by atoms with Crippen molar-refractivity contribution in [1.82, 2.24) is 4.72 Å². The number of nitrogens with one attached hydrogen (secondary N) is 1. The van der Waals surface area contributed by atoms with Crippen LogP contribution >= 0.6 is 39.5 Å². The van der Waals surface area contributed by atoms with Crippen LogP contribution in [0.3, 0.4) is 0 Å². The zero-order chi connectivity index (χ0) is 11.5. The molecule has 0 saturated heterocycles. The molecule has 3 N–H and O–H groups in total. The molecule has 4 nitrogen and oxygen atoms in total. The van der Waals surface area contributed by atoms with Crippen LogP contribution in [-0.4, -0.2) is 20.0 Å². The average Bonchev–Trinajstić information content (AvgIpc) is 2.50. The van der Waals surface area contributed by atoms with Gasteiger partial charge in [0.1, 0.15) is 4.21 Å². The van der Waals surface area contributed by atoms with E-state index in [4.69, 9.17) is 5.73 Å². The van der Waals surface area contributed by atoms with E-state index in [1.54, 1.807) is 11.4 Å². The first-order chi connectivity index (χ1) is 6.93. The van der Waals surface area contributed by atoms with Crippen LogP contribution in [0, 0.1) is 0 Å². The van der Waals surface area contributed by atoms with Crippen molar-refractivity contribution in [2.24, 2.45) is 5.73 Å². The number of rotatable bonds is 5. The number of thiocarbonyl (C=S) groups is 1. The maximum atomic E-state index is 11.7. The molecule has 0 aliphatic rings. The molecule has 0 radical (unpaired) electrons. The third kappa shape index (κ3) is 3.80. The molecule has 0 fully saturated rings. The summed E-state index contributed by atoms with van der Waals surface area (Å²) in [5.74, 6) is 0. The van der Waals surface area contributed by atoms with Crippen LogP contribution in [0.4, 0.5) is 0 Å². The molecular weight excluding hydrogens is 320 g/mol. The summed E-state index contributed by atoms with van der Waals surface area (Å²) in [6.07, 6.45) is 0.359. The van der Waals surface area contributed by atoms with Gasteiger partial charge in [-0.2, -0.15) is 0 Å². The van der Waals surface area contributed by atoms with Crippen molar-refractivity contribution in [2.75, 3.05) is 6.54 Å². The van der Waals surface area contributed by atoms with Crippen LogP contribution in [0.2, 0.25) is 0 Å². The predicted molar refractivity (Wildman–Crippen MR) is 68.6 cm³/mol. The Bertz CT molecular complexity index is 455. The van der Waals surface area contributed by atoms with Gasteiger partial charge >= 0.3 is 0 Å². The number of thiophene rings is 1. The van der Waals surface area contributed by atoms with Crippen LogP contribution in [0.15, 0.2) is 20.1 Å². The summed E-state index contributed by atoms with van der Waals surface area (Å²) in [5.41, 5.74) is 5.26. The standard InChI is InChI=1S/C7H9BrN2O2S3/c8-5-2-4-14-7(5)15(11,12)10-3-1-6(9)13/h2,4,10H,1,3H2,(H2,9,13). The van der Waals surface area contributed by atoms with E-state index in [2.05, 4.69) is 32.9 Å². The second-order valence-corrected chi connectivity index (χ2v) is 6.93. The maximum Gasteiger partial charge on any atom is 0.251 e. The first kappa shape index (κ1) is 13.0. The Balaban J connectivity index is 2.69. The van der Waals surface area contributed by atoms with Gasteiger partial charge in [-0.05, 0) is 27.4 Å². The highest BCUT2D eigenvalue weighted by Crippen LogP contribution is 2.27. The van der Waals surface area contributed by atoms with Gasteiger partial charge in [-0.3, -0.25) is 0 Å². The molecule has 0 aliphatic carbocycles. The van der Waals surface area contributed by atoms with Crippen LogP contribution < -0.4 is 10.5 Å². The molecule has 0 aromatic carbocycles. The van der Waals surface area contributed by atoms with E-state index in [1.165, 1.54) is 0 Å². The van der Waals surface area contributed by atoms with E-state index in [1.807, 2.05) is 0 Å². The van der Waals surface area contributed by atoms with Crippen molar-refractivity contribution >= 4 is 54.5 Å². The van der Waals surface area contributed by atoms with Crippen LogP contribution in [0.5, 0.6) is 0 Å². The number of hydrogen-bond acceptors (Lipinski definition) is 4. The summed E-state index contributed by atoms with van der Waals surface area (Å²) in [4.78, 5) is 0.294. The maximum absolute atomic E-state index is 11.7. The highest BCUT2D eigenvalue weighted by Gasteiger charge is 2.18. The normalized spacial score (nSPS) is 11.5. The third-order valence-electron chi connectivity index (χ3n) is 1.49. The summed E-state index contributed by atoms with van der Waals surface area (Å²) in [6, 6.07) is 1.69. The molecule has 0 saturated carbocycles. The second-order valence-electron chi connectivity index (χ2n) is 2.67. The molecule has 8 heteroatoms. The molecule has 0 spiro atoms. The fourth-order valence-corrected chi connectivity index (χ4v) is 4.36. The molecule has 1 rings (SSSR count). The van der Waals surface area contributed by atoms with E-state index in [0.29, 0.717) is 15.9 Å². The molecule has 15 heavy (non-hydrogen) atoms. The zero-order valence-corrected chi connectivity index (χ0v) is 11.6. The minimum atomic E-state index is -3.44. The molecule has 0 unspecified atom stereocenters. The lowest BCUT2D eigenvalue weighted by Gasteiger charge is -2.04. The van der Waals surface area contributed by atoms with Crippen molar-refractivity contribution in [3.8, 4) is 0 Å². The number of halogens is 1. The van der Waals surface area contributed by atoms with Gasteiger partial charge in [0.25, 0.3) is 10.0 Å². The Morgan fingerprint density at radius 2 is 2.33 bits per heavy atom. The first-order valence-corrected chi connectivity index (χ1v) is 7.51. The van der Waals surface area contributed by atoms with E-state index < -0.39 is 10.0 Å². The lowest BCUT2D eigenvalue weighted by Crippen LogP contribution is -2.27. The average molecular weight is 329 g/mol. The van der Waals surface area contributed by atoms with Gasteiger partial charge in [0.05, 0.1) is 4.99 Å². The van der Waals surface area contributed by atoms with Gasteiger partial charge in [-0.1, -0.05) is 12.2 Å². The van der Waals surface area contributed by atoms with Crippen molar-refractivity contribution in [3.63, 3.8) is 0 Å². The summed E-state index contributed by atoms with van der Waals surface area (Å²) >= 11 is 8.96. The van der Waals surface area contributed by atoms with Gasteiger partial charge in [0.15, 0.2) is 0 Å². The van der Waals surface area contributed by atoms with Gasteiger partial charge in [-0.15, -0.1) is 11.3 Å². The molecule has 1 aromatic heterocycles. The summed E-state index contributed by atoms with van der Waals surface area (Å²) in [6.45, 7) is 0.224. The smallest absolute Gasteiger partial charge is 0.251 e. The fourth-order valence-electron chi connectivity index (χ4n) is 0.846. The van der Waals surface area contributed by atoms with Crippen LogP contribution in [-0.2, 0) is 10.0 Å². The minimum absolute atomic E-state index is 0.224. The summed E-state index contributed by atoms with van der Waals surface area (Å²) < 4.78 is 26.6. The zero-order valence-electron chi connectivity index (χ0n) is 7.57. The van der Waals surface area contributed by atoms with E-state index in [-0.39, 0.29) is 10.8 Å². The Morgan fingerprint density at radius 3 is 2.80 bits per heavy atom. The van der Waals surface area contributed by atoms with Crippen molar-refractivity contribution in [3.05, 3.63) is 15.9 Å². The quantitative estimate of drug-likeness (QED) is 0.803. The molecule has 0 aliphatic heterocycles. The minimum Gasteiger partial charge on any atom is -0.393 e. The van der Waals surface area contributed by atoms with Gasteiger partial charge < -0.3 is 5.73 Å². The van der Waals surface area contributed by atoms with Crippen molar-refractivity contribution in [1.29, 1.82) is 0 Å². The van der Waals surface area contributed by atoms with Crippen LogP contribution in [0.25, 0.3) is 0 Å². The highest BCUT2D eigenvalue weighted by atomic mass is 79.9. The highest BCUT2D eigenvalue weighted by molar-refractivity contribution is 9.10.